The van der Waals surface area contributed by atoms with Gasteiger partial charge in [0.25, 0.3) is 0 Å². The van der Waals surface area contributed by atoms with Crippen molar-refractivity contribution < 1.29 is 31.9 Å². The zero-order valence-corrected chi connectivity index (χ0v) is 27.8. The predicted molar refractivity (Wildman–Crippen MR) is 188 cm³/mol. The highest BCUT2D eigenvalue weighted by molar-refractivity contribution is 6.29. The van der Waals surface area contributed by atoms with Crippen molar-refractivity contribution in [1.29, 1.82) is 0 Å². The Morgan fingerprint density at radius 3 is 2.29 bits per heavy atom. The molecule has 0 bridgehead atoms. The fourth-order valence-electron chi connectivity index (χ4n) is 8.78. The third kappa shape index (κ3) is 4.85. The highest BCUT2D eigenvalue weighted by Gasteiger charge is 2.75. The summed E-state index contributed by atoms with van der Waals surface area (Å²) in [7, 11) is 0. The van der Waals surface area contributed by atoms with Crippen LogP contribution < -0.4 is 0 Å². The van der Waals surface area contributed by atoms with E-state index in [1.54, 1.807) is 41.1 Å². The molecule has 1 aromatic heterocycles. The van der Waals surface area contributed by atoms with Crippen LogP contribution in [0.3, 0.4) is 0 Å². The van der Waals surface area contributed by atoms with E-state index in [2.05, 4.69) is 0 Å². The lowest BCUT2D eigenvalue weighted by Gasteiger charge is -2.38. The molecule has 0 spiro atoms. The number of benzene rings is 4. The van der Waals surface area contributed by atoms with Crippen molar-refractivity contribution in [3.05, 3.63) is 161 Å². The van der Waals surface area contributed by atoms with Crippen molar-refractivity contribution in [1.82, 2.24) is 9.47 Å². The average Bonchev–Trinajstić information content (AvgIpc) is 4.03. The zero-order valence-electron chi connectivity index (χ0n) is 27.8. The molecule has 3 fully saturated rings. The van der Waals surface area contributed by atoms with Gasteiger partial charge in [0, 0.05) is 40.1 Å². The fraction of sp³-hybridized carbons (Fsp3) is 0.233. The summed E-state index contributed by atoms with van der Waals surface area (Å²) in [5.74, 6) is -2.70. The number of carbonyl (C=O) groups excluding carboxylic acids is 3. The molecule has 1 saturated heterocycles. The summed E-state index contributed by atoms with van der Waals surface area (Å²) < 4.78 is 59.6. The summed E-state index contributed by atoms with van der Waals surface area (Å²) >= 11 is 0. The first kappa shape index (κ1) is 32.3. The SMILES string of the molecule is O=C(c1c(C2=CC=CN3CCC3C2=O)c2cc(C(F)(F)F)ccc2n1Cc1ccccc1F)C1C[C@@H]1C1(c2ccccc2)C(=O)C1c1ccccc1. The van der Waals surface area contributed by atoms with Crippen LogP contribution in [0.5, 0.6) is 0 Å². The molecule has 4 aliphatic rings. The summed E-state index contributed by atoms with van der Waals surface area (Å²) in [6, 6.07) is 27.7. The molecule has 9 rings (SSSR count). The van der Waals surface area contributed by atoms with Gasteiger partial charge in [-0.3, -0.25) is 14.4 Å². The van der Waals surface area contributed by atoms with E-state index in [-0.39, 0.29) is 63.1 Å². The number of nitrogens with zero attached hydrogens (tertiary/aromatic N) is 2. The normalized spacial score (nSPS) is 25.0. The zero-order chi connectivity index (χ0) is 35.9. The van der Waals surface area contributed by atoms with E-state index >= 15 is 9.18 Å². The number of rotatable bonds is 8. The Kier molecular flexibility index (Phi) is 7.30. The highest BCUT2D eigenvalue weighted by atomic mass is 19.4. The Morgan fingerprint density at radius 2 is 1.60 bits per heavy atom. The molecule has 5 atom stereocenters. The Morgan fingerprint density at radius 1 is 0.885 bits per heavy atom. The van der Waals surface area contributed by atoms with E-state index in [9.17, 15) is 22.8 Å². The molecule has 0 radical (unpaired) electrons. The molecule has 0 amide bonds. The second kappa shape index (κ2) is 11.7. The number of alkyl halides is 3. The lowest BCUT2D eigenvalue weighted by Crippen LogP contribution is -2.48. The average molecular weight is 701 g/mol. The van der Waals surface area contributed by atoms with Crippen LogP contribution in [0, 0.1) is 17.7 Å². The van der Waals surface area contributed by atoms with Gasteiger partial charge >= 0.3 is 6.18 Å². The summed E-state index contributed by atoms with van der Waals surface area (Å²) in [6.07, 6.45) is 1.29. The van der Waals surface area contributed by atoms with Crippen LogP contribution in [0.25, 0.3) is 16.5 Å². The van der Waals surface area contributed by atoms with E-state index in [4.69, 9.17) is 0 Å². The topological polar surface area (TPSA) is 59.4 Å². The first-order chi connectivity index (χ1) is 25.1. The fourth-order valence-corrected chi connectivity index (χ4v) is 8.78. The van der Waals surface area contributed by atoms with E-state index < -0.39 is 40.8 Å². The Labute approximate surface area is 296 Å². The third-order valence-electron chi connectivity index (χ3n) is 11.5. The van der Waals surface area contributed by atoms with Crippen molar-refractivity contribution in [2.45, 2.75) is 42.9 Å². The monoisotopic (exact) mass is 700 g/mol. The maximum atomic E-state index is 15.3. The van der Waals surface area contributed by atoms with E-state index in [1.165, 1.54) is 12.1 Å². The van der Waals surface area contributed by atoms with Crippen molar-refractivity contribution in [2.24, 2.45) is 11.8 Å². The van der Waals surface area contributed by atoms with Crippen molar-refractivity contribution in [3.8, 4) is 0 Å². The molecule has 4 unspecified atom stereocenters. The van der Waals surface area contributed by atoms with Gasteiger partial charge in [-0.15, -0.1) is 0 Å². The molecule has 4 aromatic carbocycles. The molecule has 0 N–H and O–H groups in total. The van der Waals surface area contributed by atoms with Gasteiger partial charge in [0.05, 0.1) is 35.2 Å². The van der Waals surface area contributed by atoms with Crippen LogP contribution >= 0.6 is 0 Å². The highest BCUT2D eigenvalue weighted by Crippen LogP contribution is 2.70. The number of aromatic nitrogens is 1. The van der Waals surface area contributed by atoms with Gasteiger partial charge in [0.15, 0.2) is 17.3 Å². The number of hydrogen-bond acceptors (Lipinski definition) is 4. The van der Waals surface area contributed by atoms with Gasteiger partial charge in [-0.25, -0.2) is 4.39 Å². The summed E-state index contributed by atoms with van der Waals surface area (Å²) in [6.45, 7) is 0.504. The van der Waals surface area contributed by atoms with Gasteiger partial charge in [-0.2, -0.15) is 13.2 Å². The van der Waals surface area contributed by atoms with Gasteiger partial charge in [-0.05, 0) is 72.5 Å². The molecule has 2 aliphatic heterocycles. The first-order valence-electron chi connectivity index (χ1n) is 17.5. The molecule has 260 valence electrons. The number of fused-ring (bicyclic) bond motifs is 2. The molecule has 5 nitrogen and oxygen atoms in total. The maximum Gasteiger partial charge on any atom is 0.416 e. The number of hydrogen-bond donors (Lipinski definition) is 0. The number of carbonyl (C=O) groups is 3. The number of Topliss-reactive ketones (excluding diaryl/α,β-unsaturated/α-hetero) is 3. The van der Waals surface area contributed by atoms with Crippen molar-refractivity contribution in [2.75, 3.05) is 6.54 Å². The molecular weight excluding hydrogens is 668 g/mol. The molecule has 52 heavy (non-hydrogen) atoms. The number of ketones is 3. The van der Waals surface area contributed by atoms with Gasteiger partial charge < -0.3 is 9.47 Å². The van der Waals surface area contributed by atoms with E-state index in [0.29, 0.717) is 19.4 Å². The van der Waals surface area contributed by atoms with Gasteiger partial charge in [0.2, 0.25) is 0 Å². The first-order valence-corrected chi connectivity index (χ1v) is 17.5. The summed E-state index contributed by atoms with van der Waals surface area (Å²) in [5.41, 5.74) is 0.618. The van der Waals surface area contributed by atoms with E-state index in [1.807, 2.05) is 65.6 Å². The van der Waals surface area contributed by atoms with Crippen molar-refractivity contribution >= 4 is 33.8 Å². The molecular formula is C43H32F4N2O3. The minimum atomic E-state index is -4.70. The van der Waals surface area contributed by atoms with Crippen LogP contribution in [-0.2, 0) is 27.7 Å². The van der Waals surface area contributed by atoms with Crippen LogP contribution in [0.15, 0.2) is 121 Å². The summed E-state index contributed by atoms with van der Waals surface area (Å²) in [5, 5.41) is 0.0925. The van der Waals surface area contributed by atoms with Gasteiger partial charge in [-0.1, -0.05) is 78.9 Å². The molecule has 2 saturated carbocycles. The predicted octanol–water partition coefficient (Wildman–Crippen LogP) is 8.52. The second-order valence-electron chi connectivity index (χ2n) is 14.2. The largest absolute Gasteiger partial charge is 0.416 e. The summed E-state index contributed by atoms with van der Waals surface area (Å²) in [4.78, 5) is 45.4. The number of allylic oxidation sites excluding steroid dienone is 2. The lowest BCUT2D eigenvalue weighted by molar-refractivity contribution is -0.137. The Hall–Kier alpha value is -5.57. The van der Waals surface area contributed by atoms with Crippen LogP contribution in [0.2, 0.25) is 0 Å². The maximum absolute atomic E-state index is 15.3. The standard InChI is InChI=1S/C43H32F4N2O3/c44-33-16-8-7-12-26(33)24-49-34-18-17-28(43(45,46)47)22-31(34)36(29-15-9-20-48-21-19-35(48)39(29)50)38(49)40(51)30-23-32(30)42(27-13-5-2-6-14-27)37(41(42)52)25-10-3-1-4-11-25/h1-18,20,22,30,32,35,37H,19,21,23-24H2/t30?,32-,35?,37?,42?/m0/s1. The molecule has 2 aliphatic carbocycles. The molecule has 5 aromatic rings. The van der Waals surface area contributed by atoms with E-state index in [0.717, 1.165) is 23.3 Å². The Balaban J connectivity index is 1.24. The minimum Gasteiger partial charge on any atom is -0.367 e. The smallest absolute Gasteiger partial charge is 0.367 e. The quantitative estimate of drug-likeness (QED) is 0.120. The second-order valence-corrected chi connectivity index (χ2v) is 14.2. The van der Waals surface area contributed by atoms with Crippen LogP contribution in [0.1, 0.15) is 57.1 Å². The van der Waals surface area contributed by atoms with Gasteiger partial charge in [0.1, 0.15) is 5.82 Å². The van der Waals surface area contributed by atoms with Crippen LogP contribution in [-0.4, -0.2) is 39.4 Å². The minimum absolute atomic E-state index is 0.0176. The van der Waals surface area contributed by atoms with Crippen molar-refractivity contribution in [3.63, 3.8) is 0 Å². The van der Waals surface area contributed by atoms with Crippen LogP contribution in [0.4, 0.5) is 17.6 Å². The molecule has 9 heteroatoms. The molecule has 3 heterocycles. The third-order valence-corrected chi connectivity index (χ3v) is 11.5. The lowest BCUT2D eigenvalue weighted by atomic mass is 9.84. The Bertz CT molecular complexity index is 2360. The number of halogens is 4.